The standard InChI is InChI=1S/C14H24N4/c1-4-15-10-13-6-5-7-14(16-13)18-9-8-17(3)11-12(18)2/h5-7,12,15H,4,8-11H2,1-3H3. The molecule has 0 spiro atoms. The number of hydrogen-bond donors (Lipinski definition) is 1. The summed E-state index contributed by atoms with van der Waals surface area (Å²) in [5, 5.41) is 3.32. The number of nitrogens with zero attached hydrogens (tertiary/aromatic N) is 3. The minimum atomic E-state index is 0.533. The zero-order chi connectivity index (χ0) is 13.0. The summed E-state index contributed by atoms with van der Waals surface area (Å²) in [7, 11) is 2.18. The van der Waals surface area contributed by atoms with Gasteiger partial charge in [0.2, 0.25) is 0 Å². The van der Waals surface area contributed by atoms with E-state index in [1.165, 1.54) is 0 Å². The Bertz CT molecular complexity index is 380. The summed E-state index contributed by atoms with van der Waals surface area (Å²) in [6.45, 7) is 9.52. The van der Waals surface area contributed by atoms with Gasteiger partial charge in [0.15, 0.2) is 0 Å². The van der Waals surface area contributed by atoms with Crippen molar-refractivity contribution < 1.29 is 0 Å². The molecule has 1 fully saturated rings. The molecule has 18 heavy (non-hydrogen) atoms. The number of nitrogens with one attached hydrogen (secondary N) is 1. The van der Waals surface area contributed by atoms with Gasteiger partial charge in [0.25, 0.3) is 0 Å². The summed E-state index contributed by atoms with van der Waals surface area (Å²) in [5.74, 6) is 1.12. The maximum atomic E-state index is 4.75. The van der Waals surface area contributed by atoms with Crippen LogP contribution in [0.1, 0.15) is 19.5 Å². The first kappa shape index (κ1) is 13.3. The molecule has 1 aromatic rings. The Morgan fingerprint density at radius 3 is 2.94 bits per heavy atom. The SMILES string of the molecule is CCNCc1cccc(N2CCN(C)CC2C)n1. The van der Waals surface area contributed by atoms with Crippen molar-refractivity contribution in [2.45, 2.75) is 26.4 Å². The van der Waals surface area contributed by atoms with Crippen molar-refractivity contribution in [1.82, 2.24) is 15.2 Å². The molecule has 2 rings (SSSR count). The predicted molar refractivity (Wildman–Crippen MR) is 75.9 cm³/mol. The molecule has 0 bridgehead atoms. The molecule has 1 N–H and O–H groups in total. The highest BCUT2D eigenvalue weighted by Gasteiger charge is 2.22. The average Bonchev–Trinajstić information content (AvgIpc) is 2.36. The second-order valence-electron chi connectivity index (χ2n) is 5.07. The van der Waals surface area contributed by atoms with Crippen molar-refractivity contribution in [3.8, 4) is 0 Å². The lowest BCUT2D eigenvalue weighted by atomic mass is 10.2. The van der Waals surface area contributed by atoms with Gasteiger partial charge in [0.05, 0.1) is 5.69 Å². The third-order valence-electron chi connectivity index (χ3n) is 3.47. The van der Waals surface area contributed by atoms with Gasteiger partial charge in [0.1, 0.15) is 5.82 Å². The highest BCUT2D eigenvalue weighted by molar-refractivity contribution is 5.41. The largest absolute Gasteiger partial charge is 0.351 e. The molecule has 100 valence electrons. The van der Waals surface area contributed by atoms with Gasteiger partial charge in [-0.3, -0.25) is 0 Å². The molecule has 1 aliphatic heterocycles. The van der Waals surface area contributed by atoms with Gasteiger partial charge in [-0.2, -0.15) is 0 Å². The summed E-state index contributed by atoms with van der Waals surface area (Å²) in [5.41, 5.74) is 1.13. The quantitative estimate of drug-likeness (QED) is 0.871. The van der Waals surface area contributed by atoms with Crippen LogP contribution in [0.5, 0.6) is 0 Å². The minimum absolute atomic E-state index is 0.533. The molecule has 4 nitrogen and oxygen atoms in total. The monoisotopic (exact) mass is 248 g/mol. The van der Waals surface area contributed by atoms with Crippen LogP contribution in [0.3, 0.4) is 0 Å². The van der Waals surface area contributed by atoms with E-state index in [-0.39, 0.29) is 0 Å². The van der Waals surface area contributed by atoms with Gasteiger partial charge in [-0.05, 0) is 32.6 Å². The Labute approximate surface area is 110 Å². The number of rotatable bonds is 4. The Hall–Kier alpha value is -1.13. The highest BCUT2D eigenvalue weighted by atomic mass is 15.3. The molecule has 1 atom stereocenters. The Morgan fingerprint density at radius 2 is 2.22 bits per heavy atom. The Morgan fingerprint density at radius 1 is 1.39 bits per heavy atom. The minimum Gasteiger partial charge on any atom is -0.351 e. The fourth-order valence-corrected chi connectivity index (χ4v) is 2.46. The predicted octanol–water partition coefficient (Wildman–Crippen LogP) is 1.33. The lowest BCUT2D eigenvalue weighted by molar-refractivity contribution is 0.274. The summed E-state index contributed by atoms with van der Waals surface area (Å²) >= 11 is 0. The van der Waals surface area contributed by atoms with E-state index in [1.54, 1.807) is 0 Å². The van der Waals surface area contributed by atoms with E-state index in [9.17, 15) is 0 Å². The third kappa shape index (κ3) is 3.21. The molecule has 0 aliphatic carbocycles. The summed E-state index contributed by atoms with van der Waals surface area (Å²) < 4.78 is 0. The van der Waals surface area contributed by atoms with Crippen LogP contribution in [-0.2, 0) is 6.54 Å². The van der Waals surface area contributed by atoms with Crippen LogP contribution in [0.15, 0.2) is 18.2 Å². The zero-order valence-electron chi connectivity index (χ0n) is 11.7. The van der Waals surface area contributed by atoms with Crippen LogP contribution in [0.25, 0.3) is 0 Å². The topological polar surface area (TPSA) is 31.4 Å². The van der Waals surface area contributed by atoms with E-state index >= 15 is 0 Å². The van der Waals surface area contributed by atoms with E-state index in [1.807, 2.05) is 0 Å². The molecule has 1 unspecified atom stereocenters. The van der Waals surface area contributed by atoms with Gasteiger partial charge in [-0.1, -0.05) is 13.0 Å². The molecule has 1 aromatic heterocycles. The van der Waals surface area contributed by atoms with Crippen LogP contribution in [0.4, 0.5) is 5.82 Å². The fraction of sp³-hybridized carbons (Fsp3) is 0.643. The third-order valence-corrected chi connectivity index (χ3v) is 3.47. The van der Waals surface area contributed by atoms with Crippen LogP contribution in [0, 0.1) is 0 Å². The lowest BCUT2D eigenvalue weighted by Crippen LogP contribution is -2.50. The first-order chi connectivity index (χ1) is 8.70. The molecule has 0 radical (unpaired) electrons. The number of pyridine rings is 1. The molecule has 0 amide bonds. The zero-order valence-corrected chi connectivity index (χ0v) is 11.7. The maximum absolute atomic E-state index is 4.75. The summed E-state index contributed by atoms with van der Waals surface area (Å²) in [6.07, 6.45) is 0. The fourth-order valence-electron chi connectivity index (χ4n) is 2.46. The van der Waals surface area contributed by atoms with Crippen LogP contribution >= 0.6 is 0 Å². The van der Waals surface area contributed by atoms with E-state index in [2.05, 4.69) is 54.2 Å². The van der Waals surface area contributed by atoms with Crippen molar-refractivity contribution in [3.63, 3.8) is 0 Å². The smallest absolute Gasteiger partial charge is 0.129 e. The average molecular weight is 248 g/mol. The normalized spacial score (nSPS) is 21.3. The van der Waals surface area contributed by atoms with Crippen molar-refractivity contribution >= 4 is 5.82 Å². The lowest BCUT2D eigenvalue weighted by Gasteiger charge is -2.39. The second kappa shape index (κ2) is 6.16. The van der Waals surface area contributed by atoms with Crippen molar-refractivity contribution in [3.05, 3.63) is 23.9 Å². The van der Waals surface area contributed by atoms with E-state index in [0.717, 1.165) is 44.2 Å². The van der Waals surface area contributed by atoms with Crippen molar-refractivity contribution in [2.24, 2.45) is 0 Å². The molecule has 1 saturated heterocycles. The maximum Gasteiger partial charge on any atom is 0.129 e. The Kier molecular flexibility index (Phi) is 4.55. The first-order valence-corrected chi connectivity index (χ1v) is 6.82. The molecule has 4 heteroatoms. The molecule has 0 saturated carbocycles. The van der Waals surface area contributed by atoms with Crippen LogP contribution < -0.4 is 10.2 Å². The summed E-state index contributed by atoms with van der Waals surface area (Å²) in [4.78, 5) is 9.55. The molecule has 2 heterocycles. The second-order valence-corrected chi connectivity index (χ2v) is 5.07. The number of likely N-dealkylation sites (N-methyl/N-ethyl adjacent to an activating group) is 1. The van der Waals surface area contributed by atoms with E-state index in [0.29, 0.717) is 6.04 Å². The van der Waals surface area contributed by atoms with Gasteiger partial charge >= 0.3 is 0 Å². The van der Waals surface area contributed by atoms with Crippen LogP contribution in [0.2, 0.25) is 0 Å². The van der Waals surface area contributed by atoms with Gasteiger partial charge < -0.3 is 15.1 Å². The van der Waals surface area contributed by atoms with Crippen molar-refractivity contribution in [2.75, 3.05) is 38.1 Å². The molecule has 0 aromatic carbocycles. The highest BCUT2D eigenvalue weighted by Crippen LogP contribution is 2.18. The molecular weight excluding hydrogens is 224 g/mol. The van der Waals surface area contributed by atoms with Crippen LogP contribution in [-0.4, -0.2) is 49.2 Å². The van der Waals surface area contributed by atoms with E-state index in [4.69, 9.17) is 4.98 Å². The Balaban J connectivity index is 2.07. The molecule has 1 aliphatic rings. The van der Waals surface area contributed by atoms with Gasteiger partial charge in [0, 0.05) is 32.2 Å². The first-order valence-electron chi connectivity index (χ1n) is 6.82. The molecular formula is C14H24N4. The number of hydrogen-bond acceptors (Lipinski definition) is 4. The van der Waals surface area contributed by atoms with E-state index < -0.39 is 0 Å². The van der Waals surface area contributed by atoms with Gasteiger partial charge in [-0.25, -0.2) is 4.98 Å². The van der Waals surface area contributed by atoms with Crippen molar-refractivity contribution in [1.29, 1.82) is 0 Å². The number of piperazine rings is 1. The summed E-state index contributed by atoms with van der Waals surface area (Å²) in [6, 6.07) is 6.86. The van der Waals surface area contributed by atoms with Gasteiger partial charge in [-0.15, -0.1) is 0 Å². The number of anilines is 1. The number of aromatic nitrogens is 1.